The van der Waals surface area contributed by atoms with Crippen molar-refractivity contribution in [2.45, 2.75) is 12.8 Å². The van der Waals surface area contributed by atoms with Crippen LogP contribution >= 0.6 is 0 Å². The molecule has 1 aliphatic heterocycles. The van der Waals surface area contributed by atoms with E-state index in [0.717, 1.165) is 19.4 Å². The van der Waals surface area contributed by atoms with Crippen molar-refractivity contribution in [1.29, 1.82) is 0 Å². The average molecular weight is 259 g/mol. The summed E-state index contributed by atoms with van der Waals surface area (Å²) in [6, 6.07) is 0. The van der Waals surface area contributed by atoms with Crippen molar-refractivity contribution in [3.8, 4) is 0 Å². The van der Waals surface area contributed by atoms with Gasteiger partial charge in [-0.3, -0.25) is 13.2 Å². The third kappa shape index (κ3) is 21.2. The van der Waals surface area contributed by atoms with Gasteiger partial charge in [-0.25, -0.2) is 0 Å². The molecular formula is C5H11NNa2O6S. The standard InChI is InChI=1S/C5H9NO.2Na.H2O4S.H2O/c1-6-4-2-3-5(6)7;;;1-5(2,3)4;/h2-4H2,1H3;;;(H2,1,2,3,4);1H2/q;2*+1;;/p-2. The Bertz CT molecular complexity index is 248. The molecule has 1 rings (SSSR count). The Morgan fingerprint density at radius 2 is 1.60 bits per heavy atom. The van der Waals surface area contributed by atoms with Gasteiger partial charge in [0.1, 0.15) is 0 Å². The van der Waals surface area contributed by atoms with Gasteiger partial charge in [-0.2, -0.15) is 0 Å². The molecule has 1 heterocycles. The van der Waals surface area contributed by atoms with Gasteiger partial charge in [0, 0.05) is 30.4 Å². The van der Waals surface area contributed by atoms with Crippen molar-refractivity contribution in [2.75, 3.05) is 13.6 Å². The van der Waals surface area contributed by atoms with Gasteiger partial charge in [-0.1, -0.05) is 0 Å². The van der Waals surface area contributed by atoms with E-state index in [2.05, 4.69) is 0 Å². The van der Waals surface area contributed by atoms with Crippen molar-refractivity contribution in [3.05, 3.63) is 0 Å². The first-order valence-corrected chi connectivity index (χ1v) is 4.54. The monoisotopic (exact) mass is 259 g/mol. The molecule has 80 valence electrons. The fraction of sp³-hybridized carbons (Fsp3) is 0.800. The van der Waals surface area contributed by atoms with Gasteiger partial charge < -0.3 is 19.5 Å². The average Bonchev–Trinajstić information content (AvgIpc) is 2.12. The van der Waals surface area contributed by atoms with Crippen LogP contribution in [0.15, 0.2) is 0 Å². The number of hydrogen-bond donors (Lipinski definition) is 0. The number of rotatable bonds is 0. The molecule has 7 nitrogen and oxygen atoms in total. The zero-order valence-electron chi connectivity index (χ0n) is 9.02. The van der Waals surface area contributed by atoms with E-state index >= 15 is 0 Å². The van der Waals surface area contributed by atoms with Crippen molar-refractivity contribution in [3.63, 3.8) is 0 Å². The minimum absolute atomic E-state index is 0. The van der Waals surface area contributed by atoms with E-state index in [1.165, 1.54) is 0 Å². The number of likely N-dealkylation sites (tertiary alicyclic amines) is 1. The fourth-order valence-corrected chi connectivity index (χ4v) is 0.783. The minimum Gasteiger partial charge on any atom is -0.759 e. The van der Waals surface area contributed by atoms with Gasteiger partial charge in [0.25, 0.3) is 0 Å². The molecule has 0 atom stereocenters. The summed E-state index contributed by atoms with van der Waals surface area (Å²) >= 11 is 0. The number of hydrogen-bond acceptors (Lipinski definition) is 5. The van der Waals surface area contributed by atoms with Gasteiger partial charge in [0.05, 0.1) is 0 Å². The summed E-state index contributed by atoms with van der Waals surface area (Å²) in [7, 11) is -3.32. The fourth-order valence-electron chi connectivity index (χ4n) is 0.783. The largest absolute Gasteiger partial charge is 1.00 e. The number of carbonyl (C=O) groups excluding carboxylic acids is 1. The number of nitrogens with zero attached hydrogens (tertiary/aromatic N) is 1. The summed E-state index contributed by atoms with van der Waals surface area (Å²) in [6.07, 6.45) is 1.81. The van der Waals surface area contributed by atoms with E-state index in [4.69, 9.17) is 17.5 Å². The Balaban J connectivity index is -0.0000000701. The first kappa shape index (κ1) is 25.2. The van der Waals surface area contributed by atoms with E-state index in [0.29, 0.717) is 5.91 Å². The van der Waals surface area contributed by atoms with E-state index in [9.17, 15) is 4.79 Å². The maximum atomic E-state index is 10.5. The molecule has 2 N–H and O–H groups in total. The Morgan fingerprint density at radius 1 is 1.27 bits per heavy atom. The molecule has 0 spiro atoms. The molecule has 0 unspecified atom stereocenters. The van der Waals surface area contributed by atoms with Gasteiger partial charge in [-0.15, -0.1) is 0 Å². The third-order valence-corrected chi connectivity index (χ3v) is 1.31. The molecule has 10 heteroatoms. The minimum atomic E-state index is -5.17. The topological polar surface area (TPSA) is 132 Å². The third-order valence-electron chi connectivity index (χ3n) is 1.31. The van der Waals surface area contributed by atoms with Crippen LogP contribution in [-0.4, -0.2) is 47.4 Å². The molecule has 1 amide bonds. The van der Waals surface area contributed by atoms with Crippen LogP contribution in [0.25, 0.3) is 0 Å². The van der Waals surface area contributed by atoms with Crippen molar-refractivity contribution in [1.82, 2.24) is 4.90 Å². The Hall–Kier alpha value is 1.30. The van der Waals surface area contributed by atoms with Crippen molar-refractivity contribution >= 4 is 16.3 Å². The van der Waals surface area contributed by atoms with E-state index in [-0.39, 0.29) is 64.6 Å². The van der Waals surface area contributed by atoms with Crippen LogP contribution in [0.2, 0.25) is 0 Å². The number of carbonyl (C=O) groups is 1. The molecule has 0 aliphatic carbocycles. The molecule has 15 heavy (non-hydrogen) atoms. The normalized spacial score (nSPS) is 13.8. The molecule has 1 saturated heterocycles. The second kappa shape index (κ2) is 11.8. The van der Waals surface area contributed by atoms with Gasteiger partial charge in [0.2, 0.25) is 5.91 Å². The predicted octanol–water partition coefficient (Wildman–Crippen LogP) is -7.92. The zero-order valence-corrected chi connectivity index (χ0v) is 13.8. The summed E-state index contributed by atoms with van der Waals surface area (Å²) in [4.78, 5) is 12.3. The molecule has 0 aromatic rings. The number of amides is 1. The van der Waals surface area contributed by atoms with Gasteiger partial charge in [0.15, 0.2) is 0 Å². The summed E-state index contributed by atoms with van der Waals surface area (Å²) < 4.78 is 34.1. The molecule has 0 radical (unpaired) electrons. The first-order valence-electron chi connectivity index (χ1n) is 3.21. The molecule has 0 aromatic carbocycles. The van der Waals surface area contributed by atoms with Gasteiger partial charge in [-0.05, 0) is 6.42 Å². The summed E-state index contributed by atoms with van der Waals surface area (Å²) in [5.74, 6) is 0.292. The molecule has 1 aliphatic rings. The maximum absolute atomic E-state index is 10.5. The van der Waals surface area contributed by atoms with Crippen LogP contribution in [0.3, 0.4) is 0 Å². The Kier molecular flexibility index (Phi) is 19.8. The SMILES string of the molecule is CN1CCCC1=O.O.O=S(=O)([O-])[O-].[Na+].[Na+]. The van der Waals surface area contributed by atoms with E-state index < -0.39 is 10.4 Å². The first-order chi connectivity index (χ1) is 5.30. The van der Waals surface area contributed by atoms with Gasteiger partial charge >= 0.3 is 59.1 Å². The maximum Gasteiger partial charge on any atom is 1.00 e. The van der Waals surface area contributed by atoms with Crippen LogP contribution in [-0.2, 0) is 15.2 Å². The molecule has 0 aromatic heterocycles. The van der Waals surface area contributed by atoms with Crippen LogP contribution < -0.4 is 59.1 Å². The van der Waals surface area contributed by atoms with Crippen LogP contribution in [0.1, 0.15) is 12.8 Å². The quantitative estimate of drug-likeness (QED) is 0.242. The summed E-state index contributed by atoms with van der Waals surface area (Å²) in [5, 5.41) is 0. The van der Waals surface area contributed by atoms with Crippen LogP contribution in [0.5, 0.6) is 0 Å². The van der Waals surface area contributed by atoms with Crippen molar-refractivity contribution < 1.29 is 86.9 Å². The smallest absolute Gasteiger partial charge is 0.759 e. The van der Waals surface area contributed by atoms with E-state index in [1.54, 1.807) is 4.90 Å². The van der Waals surface area contributed by atoms with E-state index in [1.807, 2.05) is 7.05 Å². The molecule has 1 fully saturated rings. The molecule has 0 saturated carbocycles. The summed E-state index contributed by atoms with van der Waals surface area (Å²) in [6.45, 7) is 0.957. The predicted molar refractivity (Wildman–Crippen MR) is 41.0 cm³/mol. The molecular weight excluding hydrogens is 248 g/mol. The Labute approximate surface area is 133 Å². The summed E-state index contributed by atoms with van der Waals surface area (Å²) in [5.41, 5.74) is 0. The van der Waals surface area contributed by atoms with Crippen molar-refractivity contribution in [2.24, 2.45) is 0 Å². The zero-order chi connectivity index (χ0) is 9.78. The Morgan fingerprint density at radius 3 is 1.67 bits per heavy atom. The van der Waals surface area contributed by atoms with Crippen LogP contribution in [0, 0.1) is 0 Å². The molecule has 0 bridgehead atoms. The second-order valence-electron chi connectivity index (χ2n) is 2.33. The second-order valence-corrected chi connectivity index (χ2v) is 3.14. The van der Waals surface area contributed by atoms with Crippen LogP contribution in [0.4, 0.5) is 0 Å².